The molecule has 0 bridgehead atoms. The first-order valence-electron chi connectivity index (χ1n) is 10.4. The molecule has 2 atom stereocenters. The van der Waals surface area contributed by atoms with Crippen LogP contribution in [-0.4, -0.2) is 30.1 Å². The number of benzene rings is 2. The molecule has 3 aromatic rings. The van der Waals surface area contributed by atoms with Crippen LogP contribution in [0.2, 0.25) is 0 Å². The highest BCUT2D eigenvalue weighted by Gasteiger charge is 2.37. The molecule has 1 aliphatic rings. The minimum Gasteiger partial charge on any atom is -0.466 e. The van der Waals surface area contributed by atoms with Crippen LogP contribution in [0.5, 0.6) is 0 Å². The summed E-state index contributed by atoms with van der Waals surface area (Å²) in [5.74, 6) is -0.593. The topological polar surface area (TPSA) is 80.4 Å². The lowest BCUT2D eigenvalue weighted by Gasteiger charge is -2.21. The second-order valence-electron chi connectivity index (χ2n) is 7.37. The van der Waals surface area contributed by atoms with Gasteiger partial charge in [-0.3, -0.25) is 9.59 Å². The average Bonchev–Trinajstić information content (AvgIpc) is 3.27. The van der Waals surface area contributed by atoms with E-state index in [-0.39, 0.29) is 36.7 Å². The van der Waals surface area contributed by atoms with Gasteiger partial charge in [0.25, 0.3) is 0 Å². The molecular formula is C24H26N2O4. The summed E-state index contributed by atoms with van der Waals surface area (Å²) in [5, 5.41) is 4.56. The van der Waals surface area contributed by atoms with Crippen molar-refractivity contribution in [2.75, 3.05) is 18.5 Å². The van der Waals surface area contributed by atoms with Crippen molar-refractivity contribution in [2.45, 2.75) is 38.6 Å². The van der Waals surface area contributed by atoms with E-state index >= 15 is 0 Å². The number of para-hydroxylation sites is 2. The number of hydrogen-bond donors (Lipinski definition) is 2. The van der Waals surface area contributed by atoms with Gasteiger partial charge in [-0.15, -0.1) is 0 Å². The normalized spacial score (nSPS) is 17.4. The molecule has 2 N–H and O–H groups in total. The van der Waals surface area contributed by atoms with Crippen molar-refractivity contribution in [1.82, 2.24) is 4.98 Å². The summed E-state index contributed by atoms with van der Waals surface area (Å²) in [6, 6.07) is 15.8. The predicted molar refractivity (Wildman–Crippen MR) is 115 cm³/mol. The summed E-state index contributed by atoms with van der Waals surface area (Å²) in [5.41, 5.74) is 4.85. The molecule has 2 heterocycles. The van der Waals surface area contributed by atoms with Gasteiger partial charge in [-0.1, -0.05) is 36.4 Å². The quantitative estimate of drug-likeness (QED) is 0.566. The fraction of sp³-hybridized carbons (Fsp3) is 0.333. The van der Waals surface area contributed by atoms with Crippen LogP contribution in [0.1, 0.15) is 49.0 Å². The number of esters is 2. The molecule has 1 aliphatic heterocycles. The number of anilines is 1. The van der Waals surface area contributed by atoms with E-state index in [0.717, 1.165) is 33.4 Å². The summed E-state index contributed by atoms with van der Waals surface area (Å²) in [4.78, 5) is 28.2. The highest BCUT2D eigenvalue weighted by atomic mass is 16.5. The van der Waals surface area contributed by atoms with E-state index in [2.05, 4.69) is 10.3 Å². The second-order valence-corrected chi connectivity index (χ2v) is 7.37. The number of carbonyl (C=O) groups excluding carboxylic acids is 2. The number of carbonyl (C=O) groups is 2. The van der Waals surface area contributed by atoms with Crippen molar-refractivity contribution in [3.63, 3.8) is 0 Å². The molecule has 6 heteroatoms. The molecule has 1 aromatic heterocycles. The molecule has 4 rings (SSSR count). The first kappa shape index (κ1) is 20.0. The molecular weight excluding hydrogens is 380 g/mol. The minimum atomic E-state index is -0.263. The Morgan fingerprint density at radius 2 is 1.63 bits per heavy atom. The third kappa shape index (κ3) is 3.77. The van der Waals surface area contributed by atoms with Gasteiger partial charge < -0.3 is 19.8 Å². The van der Waals surface area contributed by atoms with Crippen LogP contribution in [0.15, 0.2) is 48.5 Å². The molecule has 0 spiro atoms. The Morgan fingerprint density at radius 3 is 2.43 bits per heavy atom. The van der Waals surface area contributed by atoms with Crippen LogP contribution in [0.3, 0.4) is 0 Å². The van der Waals surface area contributed by atoms with Gasteiger partial charge in [-0.25, -0.2) is 0 Å². The third-order valence-corrected chi connectivity index (χ3v) is 5.55. The smallest absolute Gasteiger partial charge is 0.310 e. The van der Waals surface area contributed by atoms with E-state index < -0.39 is 0 Å². The fourth-order valence-corrected chi connectivity index (χ4v) is 4.33. The Labute approximate surface area is 175 Å². The van der Waals surface area contributed by atoms with Crippen molar-refractivity contribution in [1.29, 1.82) is 0 Å². The summed E-state index contributed by atoms with van der Waals surface area (Å²) in [6.07, 6.45) is 0.435. The lowest BCUT2D eigenvalue weighted by molar-refractivity contribution is -0.144. The van der Waals surface area contributed by atoms with E-state index in [1.54, 1.807) is 6.92 Å². The lowest BCUT2D eigenvalue weighted by Crippen LogP contribution is -2.19. The molecule has 2 aromatic carbocycles. The Morgan fingerprint density at radius 1 is 0.933 bits per heavy atom. The first-order chi connectivity index (χ1) is 14.6. The van der Waals surface area contributed by atoms with Crippen LogP contribution < -0.4 is 5.32 Å². The van der Waals surface area contributed by atoms with Crippen LogP contribution in [0, 0.1) is 0 Å². The fourth-order valence-electron chi connectivity index (χ4n) is 4.33. The second kappa shape index (κ2) is 8.61. The maximum Gasteiger partial charge on any atom is 0.310 e. The molecule has 0 radical (unpaired) electrons. The van der Waals surface area contributed by atoms with E-state index in [1.807, 2.05) is 55.5 Å². The van der Waals surface area contributed by atoms with Gasteiger partial charge >= 0.3 is 11.9 Å². The van der Waals surface area contributed by atoms with Gasteiger partial charge in [0.05, 0.1) is 32.1 Å². The summed E-state index contributed by atoms with van der Waals surface area (Å²) < 4.78 is 10.5. The Bertz CT molecular complexity index is 1070. The molecule has 0 aliphatic carbocycles. The van der Waals surface area contributed by atoms with E-state index in [9.17, 15) is 9.59 Å². The summed E-state index contributed by atoms with van der Waals surface area (Å²) >= 11 is 0. The molecule has 156 valence electrons. The molecule has 0 saturated heterocycles. The first-order valence-corrected chi connectivity index (χ1v) is 10.4. The highest BCUT2D eigenvalue weighted by Crippen LogP contribution is 2.47. The highest BCUT2D eigenvalue weighted by molar-refractivity contribution is 5.89. The number of fused-ring (bicyclic) bond motifs is 2. The zero-order valence-electron chi connectivity index (χ0n) is 17.2. The predicted octanol–water partition coefficient (Wildman–Crippen LogP) is 4.48. The van der Waals surface area contributed by atoms with E-state index in [1.165, 1.54) is 0 Å². The zero-order chi connectivity index (χ0) is 21.1. The largest absolute Gasteiger partial charge is 0.466 e. The number of aromatic amines is 1. The van der Waals surface area contributed by atoms with Crippen LogP contribution in [-0.2, 0) is 25.5 Å². The SMILES string of the molecule is CCOC(=O)Cc1c([C@@H]2Nc3ccccc3[C@H]2CC(=O)OCC)[nH]c2ccccc12. The van der Waals surface area contributed by atoms with Crippen LogP contribution in [0.25, 0.3) is 10.9 Å². The lowest BCUT2D eigenvalue weighted by atomic mass is 9.88. The Hall–Kier alpha value is -3.28. The van der Waals surface area contributed by atoms with Crippen molar-refractivity contribution < 1.29 is 19.1 Å². The van der Waals surface area contributed by atoms with Gasteiger partial charge in [0.1, 0.15) is 0 Å². The Balaban J connectivity index is 1.77. The zero-order valence-corrected chi connectivity index (χ0v) is 17.2. The number of H-pyrrole nitrogens is 1. The molecule has 0 amide bonds. The monoisotopic (exact) mass is 406 g/mol. The average molecular weight is 406 g/mol. The maximum atomic E-state index is 12.4. The Kier molecular flexibility index (Phi) is 5.74. The van der Waals surface area contributed by atoms with Crippen molar-refractivity contribution in [3.8, 4) is 0 Å². The number of hydrogen-bond acceptors (Lipinski definition) is 5. The van der Waals surface area contributed by atoms with Gasteiger partial charge in [0.2, 0.25) is 0 Å². The number of aromatic nitrogens is 1. The van der Waals surface area contributed by atoms with E-state index in [4.69, 9.17) is 9.47 Å². The molecule has 0 fully saturated rings. The number of nitrogens with one attached hydrogen (secondary N) is 2. The van der Waals surface area contributed by atoms with Crippen LogP contribution >= 0.6 is 0 Å². The molecule has 0 saturated carbocycles. The van der Waals surface area contributed by atoms with Crippen molar-refractivity contribution in [2.24, 2.45) is 0 Å². The van der Waals surface area contributed by atoms with Gasteiger partial charge in [-0.05, 0) is 37.1 Å². The van der Waals surface area contributed by atoms with E-state index in [0.29, 0.717) is 13.2 Å². The van der Waals surface area contributed by atoms with Crippen molar-refractivity contribution in [3.05, 3.63) is 65.4 Å². The standard InChI is InChI=1S/C24H26N2O4/c1-3-29-21(27)13-17-15-9-5-7-11-19(15)25-23(17)24-18(14-22(28)30-4-2)16-10-6-8-12-20(16)26-24/h5-12,17,23,25-26H,3-4,13-14H2,1-2H3/t17-,23-/m1/s1. The van der Waals surface area contributed by atoms with Gasteiger partial charge in [0.15, 0.2) is 0 Å². The summed E-state index contributed by atoms with van der Waals surface area (Å²) in [6.45, 7) is 4.31. The number of ether oxygens (including phenoxy) is 2. The molecule has 6 nitrogen and oxygen atoms in total. The molecule has 30 heavy (non-hydrogen) atoms. The van der Waals surface area contributed by atoms with Crippen molar-refractivity contribution >= 4 is 28.5 Å². The number of rotatable bonds is 7. The third-order valence-electron chi connectivity index (χ3n) is 5.55. The van der Waals surface area contributed by atoms with Gasteiger partial charge in [-0.2, -0.15) is 0 Å². The van der Waals surface area contributed by atoms with Crippen LogP contribution in [0.4, 0.5) is 5.69 Å². The minimum absolute atomic E-state index is 0.103. The maximum absolute atomic E-state index is 12.4. The molecule has 0 unspecified atom stereocenters. The van der Waals surface area contributed by atoms with Gasteiger partial charge in [0, 0.05) is 28.2 Å². The summed E-state index contributed by atoms with van der Waals surface area (Å²) in [7, 11) is 0.